The van der Waals surface area contributed by atoms with Crippen LogP contribution in [-0.2, 0) is 0 Å². The summed E-state index contributed by atoms with van der Waals surface area (Å²) in [6.45, 7) is 1.88. The molecule has 1 amide bonds. The van der Waals surface area contributed by atoms with E-state index < -0.39 is 0 Å². The van der Waals surface area contributed by atoms with Gasteiger partial charge in [0.2, 0.25) is 0 Å². The summed E-state index contributed by atoms with van der Waals surface area (Å²) in [5, 5.41) is 4.99. The van der Waals surface area contributed by atoms with E-state index in [-0.39, 0.29) is 11.9 Å². The molecule has 0 aliphatic carbocycles. The van der Waals surface area contributed by atoms with E-state index in [1.165, 1.54) is 0 Å². The molecule has 0 aliphatic rings. The highest BCUT2D eigenvalue weighted by molar-refractivity contribution is 9.10. The van der Waals surface area contributed by atoms with Crippen LogP contribution in [0.3, 0.4) is 0 Å². The van der Waals surface area contributed by atoms with Crippen molar-refractivity contribution in [2.75, 3.05) is 5.88 Å². The fourth-order valence-electron chi connectivity index (χ4n) is 1.70. The molecule has 0 saturated carbocycles. The number of carbonyl (C=O) groups is 1. The van der Waals surface area contributed by atoms with Crippen LogP contribution in [0.15, 0.2) is 40.9 Å². The van der Waals surface area contributed by atoms with Crippen LogP contribution in [0.25, 0.3) is 10.8 Å². The molecule has 0 saturated heterocycles. The monoisotopic (exact) mass is 325 g/mol. The highest BCUT2D eigenvalue weighted by atomic mass is 79.9. The van der Waals surface area contributed by atoms with Crippen molar-refractivity contribution < 1.29 is 4.79 Å². The van der Waals surface area contributed by atoms with Gasteiger partial charge >= 0.3 is 0 Å². The van der Waals surface area contributed by atoms with Gasteiger partial charge in [-0.25, -0.2) is 0 Å². The van der Waals surface area contributed by atoms with Crippen molar-refractivity contribution in [1.29, 1.82) is 0 Å². The highest BCUT2D eigenvalue weighted by Crippen LogP contribution is 2.21. The molecule has 2 rings (SSSR count). The van der Waals surface area contributed by atoms with Crippen molar-refractivity contribution in [2.45, 2.75) is 13.0 Å². The smallest absolute Gasteiger partial charge is 0.251 e. The maximum absolute atomic E-state index is 11.9. The van der Waals surface area contributed by atoms with Crippen LogP contribution in [0, 0.1) is 0 Å². The van der Waals surface area contributed by atoms with Crippen molar-refractivity contribution in [3.63, 3.8) is 0 Å². The lowest BCUT2D eigenvalue weighted by Crippen LogP contribution is -2.33. The lowest BCUT2D eigenvalue weighted by molar-refractivity contribution is 0.0943. The molecule has 0 bridgehead atoms. The zero-order valence-corrected chi connectivity index (χ0v) is 12.3. The van der Waals surface area contributed by atoms with Gasteiger partial charge < -0.3 is 5.32 Å². The first-order chi connectivity index (χ1) is 8.60. The fourth-order valence-corrected chi connectivity index (χ4v) is 2.16. The second-order valence-corrected chi connectivity index (χ2v) is 5.46. The molecular weight excluding hydrogens is 314 g/mol. The number of hydrogen-bond donors (Lipinski definition) is 1. The van der Waals surface area contributed by atoms with Crippen molar-refractivity contribution in [3.05, 3.63) is 46.4 Å². The average Bonchev–Trinajstić information content (AvgIpc) is 2.37. The number of amides is 1. The summed E-state index contributed by atoms with van der Waals surface area (Å²) >= 11 is 9.10. The Kier molecular flexibility index (Phi) is 4.25. The van der Waals surface area contributed by atoms with Crippen LogP contribution in [0.5, 0.6) is 0 Å². The van der Waals surface area contributed by atoms with Crippen LogP contribution in [0.1, 0.15) is 17.3 Å². The normalized spacial score (nSPS) is 12.4. The first-order valence-electron chi connectivity index (χ1n) is 5.66. The topological polar surface area (TPSA) is 29.1 Å². The summed E-state index contributed by atoms with van der Waals surface area (Å²) < 4.78 is 1.03. The van der Waals surface area contributed by atoms with Crippen molar-refractivity contribution in [1.82, 2.24) is 5.32 Å². The number of fused-ring (bicyclic) bond motifs is 1. The number of alkyl halides is 1. The third kappa shape index (κ3) is 3.03. The van der Waals surface area contributed by atoms with Crippen LogP contribution < -0.4 is 5.32 Å². The Morgan fingerprint density at radius 3 is 2.67 bits per heavy atom. The maximum atomic E-state index is 11.9. The average molecular weight is 327 g/mol. The molecule has 1 atom stereocenters. The summed E-state index contributed by atoms with van der Waals surface area (Å²) in [7, 11) is 0. The van der Waals surface area contributed by atoms with Gasteiger partial charge in [0.15, 0.2) is 0 Å². The molecular formula is C14H13BrClNO. The second-order valence-electron chi connectivity index (χ2n) is 4.24. The van der Waals surface area contributed by atoms with E-state index in [9.17, 15) is 4.79 Å². The molecule has 1 N–H and O–H groups in total. The third-order valence-electron chi connectivity index (χ3n) is 2.67. The molecule has 4 heteroatoms. The van der Waals surface area contributed by atoms with Gasteiger partial charge in [-0.1, -0.05) is 28.1 Å². The summed E-state index contributed by atoms with van der Waals surface area (Å²) in [4.78, 5) is 11.9. The molecule has 2 aromatic carbocycles. The Bertz CT molecular complexity index is 585. The lowest BCUT2D eigenvalue weighted by atomic mass is 10.1. The molecule has 94 valence electrons. The van der Waals surface area contributed by atoms with Gasteiger partial charge in [0.25, 0.3) is 5.91 Å². The zero-order chi connectivity index (χ0) is 13.1. The van der Waals surface area contributed by atoms with E-state index in [1.54, 1.807) is 0 Å². The highest BCUT2D eigenvalue weighted by Gasteiger charge is 2.09. The van der Waals surface area contributed by atoms with Crippen LogP contribution in [0.4, 0.5) is 0 Å². The molecule has 0 fully saturated rings. The predicted molar refractivity (Wildman–Crippen MR) is 79.3 cm³/mol. The van der Waals surface area contributed by atoms with Crippen molar-refractivity contribution in [2.24, 2.45) is 0 Å². The summed E-state index contributed by atoms with van der Waals surface area (Å²) in [5.41, 5.74) is 0.654. The first kappa shape index (κ1) is 13.4. The van der Waals surface area contributed by atoms with Gasteiger partial charge in [-0.3, -0.25) is 4.79 Å². The van der Waals surface area contributed by atoms with E-state index in [4.69, 9.17) is 11.6 Å². The third-order valence-corrected chi connectivity index (χ3v) is 3.63. The Balaban J connectivity index is 2.30. The number of benzene rings is 2. The second kappa shape index (κ2) is 5.72. The first-order valence-corrected chi connectivity index (χ1v) is 6.99. The number of hydrogen-bond acceptors (Lipinski definition) is 1. The molecule has 18 heavy (non-hydrogen) atoms. The SMILES string of the molecule is CC(CCl)NC(=O)c1ccc2cc(Br)ccc2c1. The van der Waals surface area contributed by atoms with Crippen molar-refractivity contribution >= 4 is 44.2 Å². The number of nitrogens with one attached hydrogen (secondary N) is 1. The van der Waals surface area contributed by atoms with Gasteiger partial charge in [-0.05, 0) is 42.0 Å². The Hall–Kier alpha value is -1.06. The minimum absolute atomic E-state index is 0.0280. The van der Waals surface area contributed by atoms with E-state index in [1.807, 2.05) is 43.3 Å². The molecule has 0 radical (unpaired) electrons. The number of rotatable bonds is 3. The van der Waals surface area contributed by atoms with Gasteiger partial charge in [0.05, 0.1) is 0 Å². The van der Waals surface area contributed by atoms with E-state index in [2.05, 4.69) is 21.2 Å². The summed E-state index contributed by atoms with van der Waals surface area (Å²) in [5.74, 6) is 0.319. The van der Waals surface area contributed by atoms with Gasteiger partial charge in [-0.2, -0.15) is 0 Å². The molecule has 0 heterocycles. The minimum atomic E-state index is -0.0898. The zero-order valence-electron chi connectivity index (χ0n) is 9.91. The molecule has 2 nitrogen and oxygen atoms in total. The quantitative estimate of drug-likeness (QED) is 0.850. The van der Waals surface area contributed by atoms with Crippen molar-refractivity contribution in [3.8, 4) is 0 Å². The fraction of sp³-hybridized carbons (Fsp3) is 0.214. The van der Waals surface area contributed by atoms with Crippen LogP contribution in [0.2, 0.25) is 0 Å². The molecule has 0 aromatic heterocycles. The Morgan fingerprint density at radius 1 is 1.28 bits per heavy atom. The van der Waals surface area contributed by atoms with Gasteiger partial charge in [0, 0.05) is 22.0 Å². The largest absolute Gasteiger partial charge is 0.348 e. The van der Waals surface area contributed by atoms with Gasteiger partial charge in [-0.15, -0.1) is 11.6 Å². The van der Waals surface area contributed by atoms with Crippen LogP contribution in [-0.4, -0.2) is 17.8 Å². The lowest BCUT2D eigenvalue weighted by Gasteiger charge is -2.11. The van der Waals surface area contributed by atoms with Gasteiger partial charge in [0.1, 0.15) is 0 Å². The Morgan fingerprint density at radius 2 is 1.94 bits per heavy atom. The minimum Gasteiger partial charge on any atom is -0.348 e. The molecule has 2 aromatic rings. The van der Waals surface area contributed by atoms with E-state index >= 15 is 0 Å². The summed E-state index contributed by atoms with van der Waals surface area (Å²) in [6, 6.07) is 11.6. The van der Waals surface area contributed by atoms with Crippen LogP contribution >= 0.6 is 27.5 Å². The number of carbonyl (C=O) groups excluding carboxylic acids is 1. The summed E-state index contributed by atoms with van der Waals surface area (Å²) in [6.07, 6.45) is 0. The van der Waals surface area contributed by atoms with E-state index in [0.29, 0.717) is 11.4 Å². The Labute approximate surface area is 119 Å². The van der Waals surface area contributed by atoms with E-state index in [0.717, 1.165) is 15.2 Å². The standard InChI is InChI=1S/C14H13BrClNO/c1-9(8-16)17-14(18)12-3-2-11-7-13(15)5-4-10(11)6-12/h2-7,9H,8H2,1H3,(H,17,18). The molecule has 0 aliphatic heterocycles. The maximum Gasteiger partial charge on any atom is 0.251 e. The number of halogens is 2. The molecule has 0 spiro atoms. The molecule has 1 unspecified atom stereocenters. The predicted octanol–water partition coefficient (Wildman–Crippen LogP) is 3.96.